The van der Waals surface area contributed by atoms with Crippen LogP contribution in [0.25, 0.3) is 0 Å². The summed E-state index contributed by atoms with van der Waals surface area (Å²) in [6.45, 7) is 9.96. The van der Waals surface area contributed by atoms with E-state index in [1.807, 2.05) is 0 Å². The first-order valence-corrected chi connectivity index (χ1v) is 5.96. The van der Waals surface area contributed by atoms with Crippen LogP contribution in [0.5, 0.6) is 0 Å². The van der Waals surface area contributed by atoms with E-state index < -0.39 is 0 Å². The Kier molecular flexibility index (Phi) is 5.24. The largest absolute Gasteiger partial charge is 0.299 e. The number of nitrogens with zero attached hydrogens (tertiary/aromatic N) is 3. The first-order valence-electron chi connectivity index (χ1n) is 5.96. The maximum absolute atomic E-state index is 4.53. The monoisotopic (exact) mass is 335 g/mol. The summed E-state index contributed by atoms with van der Waals surface area (Å²) in [6, 6.07) is 2.86. The van der Waals surface area contributed by atoms with Gasteiger partial charge in [-0.2, -0.15) is 5.10 Å². The number of aromatic nitrogens is 2. The molecule has 2 rings (SSSR count). The van der Waals surface area contributed by atoms with Crippen molar-refractivity contribution >= 4 is 24.0 Å². The summed E-state index contributed by atoms with van der Waals surface area (Å²) in [5.41, 5.74) is 2.42. The van der Waals surface area contributed by atoms with Crippen LogP contribution in [-0.4, -0.2) is 33.8 Å². The summed E-state index contributed by atoms with van der Waals surface area (Å²) in [5, 5.41) is 4.53. The van der Waals surface area contributed by atoms with Crippen molar-refractivity contribution in [2.24, 2.45) is 0 Å². The molecule has 1 unspecified atom stereocenters. The van der Waals surface area contributed by atoms with Gasteiger partial charge in [-0.05, 0) is 45.8 Å². The van der Waals surface area contributed by atoms with E-state index in [1.54, 1.807) is 0 Å². The van der Waals surface area contributed by atoms with Gasteiger partial charge in [0.2, 0.25) is 0 Å². The van der Waals surface area contributed by atoms with Gasteiger partial charge >= 0.3 is 0 Å². The van der Waals surface area contributed by atoms with Crippen LogP contribution in [0.1, 0.15) is 31.2 Å². The lowest BCUT2D eigenvalue weighted by Gasteiger charge is -2.23. The molecule has 0 amide bonds. The van der Waals surface area contributed by atoms with E-state index in [1.165, 1.54) is 31.6 Å². The maximum Gasteiger partial charge on any atom is 0.0596 e. The summed E-state index contributed by atoms with van der Waals surface area (Å²) >= 11 is 0. The predicted octanol–water partition coefficient (Wildman–Crippen LogP) is 2.60. The topological polar surface area (TPSA) is 21.1 Å². The van der Waals surface area contributed by atoms with Gasteiger partial charge in [0.25, 0.3) is 0 Å². The number of hydrogen-bond acceptors (Lipinski definition) is 2. The van der Waals surface area contributed by atoms with Crippen LogP contribution in [-0.2, 0) is 6.54 Å². The highest BCUT2D eigenvalue weighted by Gasteiger charge is 2.23. The second-order valence-corrected chi connectivity index (χ2v) is 4.53. The molecule has 2 heterocycles. The fourth-order valence-electron chi connectivity index (χ4n) is 2.58. The molecule has 0 radical (unpaired) electrons. The Morgan fingerprint density at radius 3 is 2.75 bits per heavy atom. The molecule has 1 fully saturated rings. The molecule has 1 aromatic rings. The summed E-state index contributed by atoms with van der Waals surface area (Å²) < 4.78 is 2.16. The van der Waals surface area contributed by atoms with E-state index in [2.05, 4.69) is 41.5 Å². The molecule has 0 bridgehead atoms. The van der Waals surface area contributed by atoms with Gasteiger partial charge in [0, 0.05) is 11.7 Å². The normalized spacial score (nSPS) is 21.1. The van der Waals surface area contributed by atoms with Crippen LogP contribution >= 0.6 is 24.0 Å². The lowest BCUT2D eigenvalue weighted by Crippen LogP contribution is -2.33. The molecule has 4 heteroatoms. The van der Waals surface area contributed by atoms with E-state index in [0.29, 0.717) is 6.04 Å². The quantitative estimate of drug-likeness (QED) is 0.792. The van der Waals surface area contributed by atoms with E-state index in [-0.39, 0.29) is 24.0 Å². The molecule has 1 atom stereocenters. The van der Waals surface area contributed by atoms with Gasteiger partial charge in [-0.1, -0.05) is 6.92 Å². The molecule has 3 nitrogen and oxygen atoms in total. The Morgan fingerprint density at radius 2 is 2.19 bits per heavy atom. The highest BCUT2D eigenvalue weighted by Crippen LogP contribution is 2.18. The van der Waals surface area contributed by atoms with Crippen molar-refractivity contribution in [1.82, 2.24) is 14.7 Å². The average Bonchev–Trinajstić information content (AvgIpc) is 2.74. The first kappa shape index (κ1) is 14.0. The van der Waals surface area contributed by atoms with Crippen molar-refractivity contribution in [2.75, 3.05) is 13.1 Å². The van der Waals surface area contributed by atoms with Gasteiger partial charge in [-0.15, -0.1) is 24.0 Å². The molecule has 16 heavy (non-hydrogen) atoms. The predicted molar refractivity (Wildman–Crippen MR) is 77.4 cm³/mol. The van der Waals surface area contributed by atoms with Crippen LogP contribution < -0.4 is 0 Å². The molecule has 1 aliphatic rings. The van der Waals surface area contributed by atoms with Crippen molar-refractivity contribution in [2.45, 2.75) is 46.2 Å². The van der Waals surface area contributed by atoms with Gasteiger partial charge in [0.15, 0.2) is 0 Å². The maximum atomic E-state index is 4.53. The summed E-state index contributed by atoms with van der Waals surface area (Å²) in [4.78, 5) is 2.57. The fraction of sp³-hybridized carbons (Fsp3) is 0.750. The van der Waals surface area contributed by atoms with E-state index in [0.717, 1.165) is 12.2 Å². The molecule has 1 aliphatic heterocycles. The highest BCUT2D eigenvalue weighted by molar-refractivity contribution is 14.0. The molecule has 0 saturated carbocycles. The van der Waals surface area contributed by atoms with Gasteiger partial charge in [-0.3, -0.25) is 9.58 Å². The van der Waals surface area contributed by atoms with Crippen molar-refractivity contribution in [1.29, 1.82) is 0 Å². The Morgan fingerprint density at radius 1 is 1.44 bits per heavy atom. The second-order valence-electron chi connectivity index (χ2n) is 4.53. The Balaban J connectivity index is 0.00000128. The molecular formula is C12H22IN3. The number of aryl methyl sites for hydroxylation is 2. The standard InChI is InChI=1S/C12H21N3.HI/c1-4-14-7-5-6-12(14)9-15-11(3)8-10(2)13-15;/h8,12H,4-7,9H2,1-3H3;1H. The van der Waals surface area contributed by atoms with Crippen molar-refractivity contribution in [3.63, 3.8) is 0 Å². The van der Waals surface area contributed by atoms with Gasteiger partial charge in [0.05, 0.1) is 12.2 Å². The van der Waals surface area contributed by atoms with Crippen LogP contribution in [0.2, 0.25) is 0 Å². The average molecular weight is 335 g/mol. The Labute approximate surface area is 115 Å². The Hall–Kier alpha value is -0.100. The third kappa shape index (κ3) is 2.97. The smallest absolute Gasteiger partial charge is 0.0596 e. The second kappa shape index (κ2) is 6.00. The van der Waals surface area contributed by atoms with Crippen LogP contribution in [0, 0.1) is 13.8 Å². The van der Waals surface area contributed by atoms with Gasteiger partial charge < -0.3 is 0 Å². The summed E-state index contributed by atoms with van der Waals surface area (Å²) in [5.74, 6) is 0. The summed E-state index contributed by atoms with van der Waals surface area (Å²) in [6.07, 6.45) is 2.67. The zero-order valence-electron chi connectivity index (χ0n) is 10.4. The number of rotatable bonds is 3. The van der Waals surface area contributed by atoms with Crippen LogP contribution in [0.15, 0.2) is 6.07 Å². The van der Waals surface area contributed by atoms with E-state index >= 15 is 0 Å². The third-order valence-electron chi connectivity index (χ3n) is 3.39. The lowest BCUT2D eigenvalue weighted by atomic mass is 10.2. The highest BCUT2D eigenvalue weighted by atomic mass is 127. The van der Waals surface area contributed by atoms with Gasteiger partial charge in [-0.25, -0.2) is 0 Å². The van der Waals surface area contributed by atoms with Gasteiger partial charge in [0.1, 0.15) is 0 Å². The fourth-order valence-corrected chi connectivity index (χ4v) is 2.58. The molecule has 0 aliphatic carbocycles. The molecule has 92 valence electrons. The molecule has 1 aromatic heterocycles. The van der Waals surface area contributed by atoms with Crippen LogP contribution in [0.4, 0.5) is 0 Å². The van der Waals surface area contributed by atoms with Crippen LogP contribution in [0.3, 0.4) is 0 Å². The van der Waals surface area contributed by atoms with E-state index in [4.69, 9.17) is 0 Å². The minimum absolute atomic E-state index is 0. The minimum Gasteiger partial charge on any atom is -0.299 e. The van der Waals surface area contributed by atoms with E-state index in [9.17, 15) is 0 Å². The molecular weight excluding hydrogens is 313 g/mol. The van der Waals surface area contributed by atoms with Crippen molar-refractivity contribution in [3.05, 3.63) is 17.5 Å². The minimum atomic E-state index is 0. The SMILES string of the molecule is CCN1CCCC1Cn1nc(C)cc1C.I. The molecule has 0 spiro atoms. The van der Waals surface area contributed by atoms with Crippen molar-refractivity contribution in [3.8, 4) is 0 Å². The number of halogens is 1. The number of hydrogen-bond donors (Lipinski definition) is 0. The summed E-state index contributed by atoms with van der Waals surface area (Å²) in [7, 11) is 0. The molecule has 0 aromatic carbocycles. The molecule has 0 N–H and O–H groups in total. The van der Waals surface area contributed by atoms with Crippen molar-refractivity contribution < 1.29 is 0 Å². The lowest BCUT2D eigenvalue weighted by molar-refractivity contribution is 0.237. The Bertz CT molecular complexity index is 335. The third-order valence-corrected chi connectivity index (χ3v) is 3.39. The zero-order valence-corrected chi connectivity index (χ0v) is 12.8. The molecule has 1 saturated heterocycles. The number of likely N-dealkylation sites (N-methyl/N-ethyl adjacent to an activating group) is 1. The first-order chi connectivity index (χ1) is 7.20. The zero-order chi connectivity index (χ0) is 10.8. The number of likely N-dealkylation sites (tertiary alicyclic amines) is 1.